The van der Waals surface area contributed by atoms with Gasteiger partial charge in [-0.3, -0.25) is 10.1 Å². The number of hydrogen-bond acceptors (Lipinski definition) is 4. The van der Waals surface area contributed by atoms with E-state index >= 15 is 0 Å². The molecule has 2 rings (SSSR count). The molecular formula is C15H22ClN3O2. The van der Waals surface area contributed by atoms with Crippen LogP contribution in [0.25, 0.3) is 0 Å². The molecule has 21 heavy (non-hydrogen) atoms. The largest absolute Gasteiger partial charge is 0.383 e. The SMILES string of the molecule is O=[N+]([O-])c1ccc(NCCNCC2CCCCC2)c(Cl)c1. The van der Waals surface area contributed by atoms with Gasteiger partial charge in [-0.25, -0.2) is 0 Å². The fraction of sp³-hybridized carbons (Fsp3) is 0.600. The Morgan fingerprint density at radius 2 is 2.00 bits per heavy atom. The minimum Gasteiger partial charge on any atom is -0.383 e. The predicted molar refractivity (Wildman–Crippen MR) is 86.0 cm³/mol. The summed E-state index contributed by atoms with van der Waals surface area (Å²) in [6.07, 6.45) is 6.80. The number of nitro groups is 1. The van der Waals surface area contributed by atoms with Crippen LogP contribution in [0.4, 0.5) is 11.4 Å². The molecule has 0 atom stereocenters. The maximum absolute atomic E-state index is 10.6. The number of anilines is 1. The summed E-state index contributed by atoms with van der Waals surface area (Å²) in [5.74, 6) is 0.821. The molecule has 0 saturated heterocycles. The zero-order chi connectivity index (χ0) is 15.1. The van der Waals surface area contributed by atoms with Crippen LogP contribution in [0.3, 0.4) is 0 Å². The van der Waals surface area contributed by atoms with Crippen LogP contribution in [-0.4, -0.2) is 24.6 Å². The normalized spacial score (nSPS) is 15.9. The van der Waals surface area contributed by atoms with Gasteiger partial charge in [0.15, 0.2) is 0 Å². The third-order valence-electron chi connectivity index (χ3n) is 3.94. The zero-order valence-electron chi connectivity index (χ0n) is 12.1. The van der Waals surface area contributed by atoms with Gasteiger partial charge in [0.25, 0.3) is 5.69 Å². The average Bonchev–Trinajstić information content (AvgIpc) is 2.49. The topological polar surface area (TPSA) is 67.2 Å². The van der Waals surface area contributed by atoms with Crippen molar-refractivity contribution in [2.45, 2.75) is 32.1 Å². The van der Waals surface area contributed by atoms with Crippen molar-refractivity contribution in [1.82, 2.24) is 5.32 Å². The fourth-order valence-electron chi connectivity index (χ4n) is 2.74. The summed E-state index contributed by atoms with van der Waals surface area (Å²) in [5.41, 5.74) is 0.753. The first-order chi connectivity index (χ1) is 10.2. The van der Waals surface area contributed by atoms with Crippen molar-refractivity contribution in [2.24, 2.45) is 5.92 Å². The van der Waals surface area contributed by atoms with Gasteiger partial charge in [0, 0.05) is 25.2 Å². The molecule has 0 aromatic heterocycles. The second-order valence-corrected chi connectivity index (χ2v) is 5.96. The molecule has 6 heteroatoms. The molecule has 0 aliphatic heterocycles. The summed E-state index contributed by atoms with van der Waals surface area (Å²) in [6.45, 7) is 2.70. The molecular weight excluding hydrogens is 290 g/mol. The van der Waals surface area contributed by atoms with E-state index in [0.29, 0.717) is 5.02 Å². The second kappa shape index (κ2) is 8.20. The highest BCUT2D eigenvalue weighted by Gasteiger charge is 2.12. The standard InChI is InChI=1S/C15H22ClN3O2/c16-14-10-13(19(20)21)6-7-15(14)18-9-8-17-11-12-4-2-1-3-5-12/h6-7,10,12,17-18H,1-5,8-9,11H2. The number of non-ortho nitro benzene ring substituents is 1. The number of nitrogens with one attached hydrogen (secondary N) is 2. The first kappa shape index (κ1) is 16.0. The maximum atomic E-state index is 10.6. The Labute approximate surface area is 130 Å². The van der Waals surface area contributed by atoms with Crippen molar-refractivity contribution in [3.8, 4) is 0 Å². The van der Waals surface area contributed by atoms with Gasteiger partial charge in [0.1, 0.15) is 0 Å². The lowest BCUT2D eigenvalue weighted by Crippen LogP contribution is -2.28. The highest BCUT2D eigenvalue weighted by atomic mass is 35.5. The molecule has 1 aromatic rings. The van der Waals surface area contributed by atoms with Gasteiger partial charge in [-0.15, -0.1) is 0 Å². The van der Waals surface area contributed by atoms with E-state index in [1.165, 1.54) is 44.2 Å². The van der Waals surface area contributed by atoms with E-state index in [9.17, 15) is 10.1 Å². The highest BCUT2D eigenvalue weighted by Crippen LogP contribution is 2.26. The molecule has 0 bridgehead atoms. The summed E-state index contributed by atoms with van der Waals surface area (Å²) in [7, 11) is 0. The Morgan fingerprint density at radius 3 is 2.67 bits per heavy atom. The van der Waals surface area contributed by atoms with Crippen molar-refractivity contribution >= 4 is 23.0 Å². The van der Waals surface area contributed by atoms with E-state index < -0.39 is 4.92 Å². The predicted octanol–water partition coefficient (Wildman–Crippen LogP) is 3.83. The molecule has 0 radical (unpaired) electrons. The minimum atomic E-state index is -0.443. The van der Waals surface area contributed by atoms with Gasteiger partial charge in [0.2, 0.25) is 0 Å². The number of benzene rings is 1. The highest BCUT2D eigenvalue weighted by molar-refractivity contribution is 6.33. The van der Waals surface area contributed by atoms with Gasteiger partial charge in [-0.05, 0) is 31.4 Å². The van der Waals surface area contributed by atoms with Crippen LogP contribution in [0.5, 0.6) is 0 Å². The number of nitrogens with zero attached hydrogens (tertiary/aromatic N) is 1. The summed E-state index contributed by atoms with van der Waals surface area (Å²) >= 11 is 6.02. The molecule has 0 unspecified atom stereocenters. The molecule has 0 spiro atoms. The van der Waals surface area contributed by atoms with Crippen LogP contribution in [0.2, 0.25) is 5.02 Å². The van der Waals surface area contributed by atoms with Crippen molar-refractivity contribution in [2.75, 3.05) is 25.0 Å². The van der Waals surface area contributed by atoms with E-state index in [2.05, 4.69) is 10.6 Å². The van der Waals surface area contributed by atoms with Crippen molar-refractivity contribution in [3.63, 3.8) is 0 Å². The van der Waals surface area contributed by atoms with Gasteiger partial charge >= 0.3 is 0 Å². The van der Waals surface area contributed by atoms with Crippen LogP contribution in [0, 0.1) is 16.0 Å². The lowest BCUT2D eigenvalue weighted by atomic mass is 9.89. The van der Waals surface area contributed by atoms with E-state index in [4.69, 9.17) is 11.6 Å². The van der Waals surface area contributed by atoms with Crippen LogP contribution in [0.1, 0.15) is 32.1 Å². The van der Waals surface area contributed by atoms with E-state index in [0.717, 1.165) is 31.2 Å². The molecule has 116 valence electrons. The van der Waals surface area contributed by atoms with Gasteiger partial charge < -0.3 is 10.6 Å². The molecule has 1 aromatic carbocycles. The average molecular weight is 312 g/mol. The maximum Gasteiger partial charge on any atom is 0.271 e. The van der Waals surface area contributed by atoms with Crippen molar-refractivity contribution < 1.29 is 4.92 Å². The molecule has 1 fully saturated rings. The Balaban J connectivity index is 1.67. The summed E-state index contributed by atoms with van der Waals surface area (Å²) < 4.78 is 0. The molecule has 1 aliphatic rings. The van der Waals surface area contributed by atoms with Crippen LogP contribution in [-0.2, 0) is 0 Å². The molecule has 0 amide bonds. The molecule has 0 heterocycles. The third kappa shape index (κ3) is 5.17. The Morgan fingerprint density at radius 1 is 1.24 bits per heavy atom. The van der Waals surface area contributed by atoms with E-state index in [1.54, 1.807) is 6.07 Å². The number of rotatable bonds is 7. The lowest BCUT2D eigenvalue weighted by Gasteiger charge is -2.21. The van der Waals surface area contributed by atoms with Gasteiger partial charge in [-0.2, -0.15) is 0 Å². The van der Waals surface area contributed by atoms with E-state index in [-0.39, 0.29) is 5.69 Å². The third-order valence-corrected chi connectivity index (χ3v) is 4.25. The number of halogens is 1. The molecule has 1 aliphatic carbocycles. The zero-order valence-corrected chi connectivity index (χ0v) is 12.9. The minimum absolute atomic E-state index is 0.0148. The van der Waals surface area contributed by atoms with Gasteiger partial charge in [-0.1, -0.05) is 30.9 Å². The Hall–Kier alpha value is -1.33. The van der Waals surface area contributed by atoms with Crippen LogP contribution in [0.15, 0.2) is 18.2 Å². The summed E-state index contributed by atoms with van der Waals surface area (Å²) in [5, 5.41) is 17.7. The van der Waals surface area contributed by atoms with Gasteiger partial charge in [0.05, 0.1) is 15.6 Å². The number of hydrogen-bond donors (Lipinski definition) is 2. The summed E-state index contributed by atoms with van der Waals surface area (Å²) in [4.78, 5) is 10.2. The smallest absolute Gasteiger partial charge is 0.271 e. The second-order valence-electron chi connectivity index (χ2n) is 5.56. The van der Waals surface area contributed by atoms with Crippen molar-refractivity contribution in [1.29, 1.82) is 0 Å². The molecule has 2 N–H and O–H groups in total. The lowest BCUT2D eigenvalue weighted by molar-refractivity contribution is -0.384. The van der Waals surface area contributed by atoms with Crippen molar-refractivity contribution in [3.05, 3.63) is 33.3 Å². The number of nitro benzene ring substituents is 1. The first-order valence-corrected chi connectivity index (χ1v) is 7.93. The Bertz CT molecular complexity index is 476. The van der Waals surface area contributed by atoms with Crippen LogP contribution >= 0.6 is 11.6 Å². The Kier molecular flexibility index (Phi) is 6.26. The first-order valence-electron chi connectivity index (χ1n) is 7.55. The van der Waals surface area contributed by atoms with Crippen LogP contribution < -0.4 is 10.6 Å². The fourth-order valence-corrected chi connectivity index (χ4v) is 2.99. The molecule has 1 saturated carbocycles. The van der Waals surface area contributed by atoms with E-state index in [1.807, 2.05) is 0 Å². The molecule has 5 nitrogen and oxygen atoms in total. The quantitative estimate of drug-likeness (QED) is 0.456. The summed E-state index contributed by atoms with van der Waals surface area (Å²) in [6, 6.07) is 4.49. The monoisotopic (exact) mass is 311 g/mol.